The van der Waals surface area contributed by atoms with Gasteiger partial charge in [-0.25, -0.2) is 4.98 Å². The number of esters is 1. The van der Waals surface area contributed by atoms with E-state index in [1.165, 1.54) is 23.7 Å². The number of fused-ring (bicyclic) bond motifs is 1. The number of aromatic nitrogens is 2. The quantitative estimate of drug-likeness (QED) is 0.585. The largest absolute Gasteiger partial charge is 0.465 e. The minimum atomic E-state index is -0.551. The highest BCUT2D eigenvalue weighted by molar-refractivity contribution is 7.16. The van der Waals surface area contributed by atoms with Crippen molar-refractivity contribution in [3.63, 3.8) is 0 Å². The standard InChI is InChI=1S/C18H16N4O6S/c1-2-26-16(25)9-5-6-12-13(9)20-18(29-12)22-14(23)10-8-28-17(19-10)21-15(24)11-4-3-7-27-11/h3-4,7-9H,2,5-6H2,1H3,(H,19,21,24)(H,20,22,23). The summed E-state index contributed by atoms with van der Waals surface area (Å²) in [5.41, 5.74) is 0.618. The number of hydrogen-bond acceptors (Lipinski definition) is 9. The van der Waals surface area contributed by atoms with E-state index in [2.05, 4.69) is 20.6 Å². The Morgan fingerprint density at radius 2 is 2.10 bits per heavy atom. The summed E-state index contributed by atoms with van der Waals surface area (Å²) >= 11 is 1.31. The molecular formula is C18H16N4O6S. The van der Waals surface area contributed by atoms with Crippen LogP contribution in [-0.2, 0) is 16.0 Å². The van der Waals surface area contributed by atoms with E-state index in [0.717, 1.165) is 11.1 Å². The molecule has 2 amide bonds. The summed E-state index contributed by atoms with van der Waals surface area (Å²) < 4.78 is 15.2. The van der Waals surface area contributed by atoms with Crippen molar-refractivity contribution < 1.29 is 28.0 Å². The number of amides is 2. The number of thiazole rings is 1. The van der Waals surface area contributed by atoms with Crippen molar-refractivity contribution in [1.82, 2.24) is 9.97 Å². The Labute approximate surface area is 168 Å². The van der Waals surface area contributed by atoms with Gasteiger partial charge in [-0.15, -0.1) is 11.3 Å². The third kappa shape index (κ3) is 3.90. The van der Waals surface area contributed by atoms with Crippen LogP contribution in [0.25, 0.3) is 0 Å². The van der Waals surface area contributed by atoms with E-state index in [1.54, 1.807) is 13.0 Å². The van der Waals surface area contributed by atoms with Crippen LogP contribution in [0.15, 0.2) is 33.5 Å². The van der Waals surface area contributed by atoms with E-state index in [4.69, 9.17) is 13.6 Å². The van der Waals surface area contributed by atoms with Crippen molar-refractivity contribution >= 4 is 40.3 Å². The first-order chi connectivity index (χ1) is 14.0. The Balaban J connectivity index is 1.41. The zero-order valence-electron chi connectivity index (χ0n) is 15.3. The number of aryl methyl sites for hydroxylation is 1. The predicted octanol–water partition coefficient (Wildman–Crippen LogP) is 2.82. The van der Waals surface area contributed by atoms with Gasteiger partial charge in [-0.05, 0) is 31.9 Å². The molecule has 0 aliphatic heterocycles. The highest BCUT2D eigenvalue weighted by Gasteiger charge is 2.34. The number of rotatable bonds is 6. The molecule has 1 aliphatic carbocycles. The van der Waals surface area contributed by atoms with E-state index < -0.39 is 17.7 Å². The predicted molar refractivity (Wildman–Crippen MR) is 101 cm³/mol. The van der Waals surface area contributed by atoms with Crippen LogP contribution in [0.5, 0.6) is 0 Å². The van der Waals surface area contributed by atoms with Gasteiger partial charge in [-0.2, -0.15) is 4.98 Å². The fourth-order valence-electron chi connectivity index (χ4n) is 2.92. The Kier molecular flexibility index (Phi) is 5.12. The second kappa shape index (κ2) is 7.87. The molecule has 4 rings (SSSR count). The van der Waals surface area contributed by atoms with Crippen molar-refractivity contribution in [3.05, 3.63) is 46.7 Å². The summed E-state index contributed by atoms with van der Waals surface area (Å²) in [6.07, 6.45) is 3.85. The lowest BCUT2D eigenvalue weighted by Gasteiger charge is -2.07. The normalized spacial score (nSPS) is 15.0. The van der Waals surface area contributed by atoms with Crippen LogP contribution in [0, 0.1) is 0 Å². The molecule has 0 spiro atoms. The van der Waals surface area contributed by atoms with E-state index >= 15 is 0 Å². The molecule has 0 fully saturated rings. The third-order valence-electron chi connectivity index (χ3n) is 4.21. The lowest BCUT2D eigenvalue weighted by atomic mass is 10.1. The molecule has 0 saturated heterocycles. The van der Waals surface area contributed by atoms with Gasteiger partial charge in [0.05, 0.1) is 18.6 Å². The number of nitrogens with zero attached hydrogens (tertiary/aromatic N) is 2. The minimum Gasteiger partial charge on any atom is -0.465 e. The molecule has 2 N–H and O–H groups in total. The van der Waals surface area contributed by atoms with Crippen molar-refractivity contribution in [2.24, 2.45) is 0 Å². The number of ether oxygens (including phenoxy) is 1. The van der Waals surface area contributed by atoms with Gasteiger partial charge in [0, 0.05) is 4.88 Å². The second-order valence-corrected chi connectivity index (χ2v) is 7.18. The van der Waals surface area contributed by atoms with E-state index in [1.807, 2.05) is 0 Å². The fraction of sp³-hybridized carbons (Fsp3) is 0.278. The van der Waals surface area contributed by atoms with Gasteiger partial charge in [0.1, 0.15) is 12.2 Å². The molecule has 1 unspecified atom stereocenters. The lowest BCUT2D eigenvalue weighted by Crippen LogP contribution is -2.15. The molecule has 1 atom stereocenters. The van der Waals surface area contributed by atoms with Crippen LogP contribution < -0.4 is 10.6 Å². The van der Waals surface area contributed by atoms with Crippen LogP contribution in [-0.4, -0.2) is 34.4 Å². The molecule has 3 aromatic heterocycles. The first kappa shape index (κ1) is 18.9. The molecule has 11 heteroatoms. The average molecular weight is 416 g/mol. The van der Waals surface area contributed by atoms with Crippen LogP contribution in [0.4, 0.5) is 11.1 Å². The summed E-state index contributed by atoms with van der Waals surface area (Å²) in [5.74, 6) is -1.72. The molecule has 29 heavy (non-hydrogen) atoms. The molecular weight excluding hydrogens is 400 g/mol. The maximum Gasteiger partial charge on any atom is 0.315 e. The molecule has 150 valence electrons. The summed E-state index contributed by atoms with van der Waals surface area (Å²) in [5, 5.41) is 5.39. The lowest BCUT2D eigenvalue weighted by molar-refractivity contribution is -0.145. The van der Waals surface area contributed by atoms with Gasteiger partial charge in [0.2, 0.25) is 0 Å². The minimum absolute atomic E-state index is 0.0305. The molecule has 0 saturated carbocycles. The molecule has 1 aliphatic rings. The number of carbonyl (C=O) groups excluding carboxylic acids is 3. The van der Waals surface area contributed by atoms with Crippen LogP contribution in [0.3, 0.4) is 0 Å². The van der Waals surface area contributed by atoms with Gasteiger partial charge >= 0.3 is 12.0 Å². The van der Waals surface area contributed by atoms with Crippen molar-refractivity contribution in [3.8, 4) is 0 Å². The molecule has 3 heterocycles. The molecule has 3 aromatic rings. The van der Waals surface area contributed by atoms with Gasteiger partial charge in [0.15, 0.2) is 16.6 Å². The Morgan fingerprint density at radius 3 is 2.86 bits per heavy atom. The van der Waals surface area contributed by atoms with Crippen molar-refractivity contribution in [2.75, 3.05) is 17.2 Å². The van der Waals surface area contributed by atoms with Gasteiger partial charge in [0.25, 0.3) is 11.8 Å². The maximum absolute atomic E-state index is 12.4. The summed E-state index contributed by atoms with van der Waals surface area (Å²) in [6, 6.07) is 2.92. The number of hydrogen-bond donors (Lipinski definition) is 2. The van der Waals surface area contributed by atoms with Gasteiger partial charge < -0.3 is 13.6 Å². The van der Waals surface area contributed by atoms with Crippen LogP contribution in [0.1, 0.15) is 50.9 Å². The second-order valence-electron chi connectivity index (χ2n) is 6.09. The van der Waals surface area contributed by atoms with E-state index in [0.29, 0.717) is 30.3 Å². The van der Waals surface area contributed by atoms with Crippen molar-refractivity contribution in [1.29, 1.82) is 0 Å². The summed E-state index contributed by atoms with van der Waals surface area (Å²) in [4.78, 5) is 45.6. The monoisotopic (exact) mass is 416 g/mol. The van der Waals surface area contributed by atoms with E-state index in [9.17, 15) is 14.4 Å². The topological polar surface area (TPSA) is 137 Å². The molecule has 0 bridgehead atoms. The third-order valence-corrected chi connectivity index (χ3v) is 5.26. The first-order valence-electron chi connectivity index (χ1n) is 8.83. The van der Waals surface area contributed by atoms with Gasteiger partial charge in [-0.1, -0.05) is 0 Å². The number of nitrogens with one attached hydrogen (secondary N) is 2. The zero-order valence-corrected chi connectivity index (χ0v) is 16.1. The molecule has 10 nitrogen and oxygen atoms in total. The average Bonchev–Trinajstić information content (AvgIpc) is 3.46. The summed E-state index contributed by atoms with van der Waals surface area (Å²) in [6.45, 7) is 2.06. The molecule has 0 radical (unpaired) electrons. The number of furan rings is 1. The zero-order chi connectivity index (χ0) is 20.4. The van der Waals surface area contributed by atoms with E-state index in [-0.39, 0.29) is 23.4 Å². The number of carbonyl (C=O) groups is 3. The fourth-order valence-corrected chi connectivity index (χ4v) is 3.95. The number of oxazole rings is 1. The summed E-state index contributed by atoms with van der Waals surface area (Å²) in [7, 11) is 0. The Morgan fingerprint density at radius 1 is 1.24 bits per heavy atom. The molecule has 0 aromatic carbocycles. The SMILES string of the molecule is CCOC(=O)C1CCc2sc(NC(=O)c3coc(NC(=O)c4ccco4)n3)nc21. The highest BCUT2D eigenvalue weighted by Crippen LogP contribution is 2.39. The van der Waals surface area contributed by atoms with Crippen LogP contribution >= 0.6 is 11.3 Å². The van der Waals surface area contributed by atoms with Gasteiger partial charge in [-0.3, -0.25) is 25.0 Å². The van der Waals surface area contributed by atoms with Crippen LogP contribution in [0.2, 0.25) is 0 Å². The Hall–Kier alpha value is -3.47. The highest BCUT2D eigenvalue weighted by atomic mass is 32.1. The maximum atomic E-state index is 12.4. The Bertz CT molecular complexity index is 1050. The van der Waals surface area contributed by atoms with Crippen molar-refractivity contribution in [2.45, 2.75) is 25.7 Å². The smallest absolute Gasteiger partial charge is 0.315 e. The number of anilines is 2. The first-order valence-corrected chi connectivity index (χ1v) is 9.64.